The molecule has 0 saturated carbocycles. The summed E-state index contributed by atoms with van der Waals surface area (Å²) in [6.07, 6.45) is 1.66. The predicted octanol–water partition coefficient (Wildman–Crippen LogP) is 3.66. The number of pyridine rings is 1. The molecule has 3 aromatic rings. The highest BCUT2D eigenvalue weighted by Crippen LogP contribution is 2.32. The lowest BCUT2D eigenvalue weighted by Gasteiger charge is -2.09. The number of hydrogen-bond acceptors (Lipinski definition) is 5. The summed E-state index contributed by atoms with van der Waals surface area (Å²) < 4.78 is 10.7. The van der Waals surface area contributed by atoms with E-state index in [9.17, 15) is 4.79 Å². The molecule has 2 N–H and O–H groups in total. The van der Waals surface area contributed by atoms with Crippen molar-refractivity contribution in [1.29, 1.82) is 0 Å². The number of carbonyl (C=O) groups excluding carboxylic acids is 1. The molecule has 0 saturated heterocycles. The van der Waals surface area contributed by atoms with Crippen LogP contribution in [-0.2, 0) is 13.1 Å². The monoisotopic (exact) mass is 375 g/mol. The smallest absolute Gasteiger partial charge is 0.270 e. The van der Waals surface area contributed by atoms with E-state index in [0.717, 1.165) is 28.3 Å². The zero-order valence-corrected chi connectivity index (χ0v) is 15.6. The number of hydrogen-bond donors (Lipinski definition) is 2. The van der Waals surface area contributed by atoms with Crippen molar-refractivity contribution in [3.05, 3.63) is 83.2 Å². The Balaban J connectivity index is 1.31. The van der Waals surface area contributed by atoms with Crippen LogP contribution in [0.2, 0.25) is 0 Å². The first-order valence-electron chi connectivity index (χ1n) is 9.09. The first-order chi connectivity index (χ1) is 13.7. The van der Waals surface area contributed by atoms with Gasteiger partial charge in [0.1, 0.15) is 5.69 Å². The molecule has 4 rings (SSSR count). The minimum atomic E-state index is -0.191. The number of carbonyl (C=O) groups is 1. The number of aryl methyl sites for hydroxylation is 1. The van der Waals surface area contributed by atoms with Gasteiger partial charge in [0.05, 0.1) is 11.9 Å². The molecule has 0 spiro atoms. The molecule has 0 fully saturated rings. The van der Waals surface area contributed by atoms with Gasteiger partial charge in [0, 0.05) is 13.1 Å². The summed E-state index contributed by atoms with van der Waals surface area (Å²) in [5, 5.41) is 6.19. The molecular formula is C22H21N3O3. The number of amides is 1. The van der Waals surface area contributed by atoms with Crippen LogP contribution in [0.4, 0.5) is 5.69 Å². The van der Waals surface area contributed by atoms with Crippen LogP contribution in [0.1, 0.15) is 27.2 Å². The van der Waals surface area contributed by atoms with E-state index in [1.165, 1.54) is 5.56 Å². The summed E-state index contributed by atoms with van der Waals surface area (Å²) >= 11 is 0. The summed E-state index contributed by atoms with van der Waals surface area (Å²) in [5.41, 5.74) is 4.54. The molecule has 0 radical (unpaired) electrons. The van der Waals surface area contributed by atoms with Gasteiger partial charge in [0.2, 0.25) is 6.79 Å². The van der Waals surface area contributed by atoms with Gasteiger partial charge in [0.25, 0.3) is 5.91 Å². The molecule has 0 aliphatic carbocycles. The van der Waals surface area contributed by atoms with Gasteiger partial charge in [-0.1, -0.05) is 35.9 Å². The van der Waals surface area contributed by atoms with Crippen molar-refractivity contribution in [2.24, 2.45) is 0 Å². The zero-order valence-electron chi connectivity index (χ0n) is 15.6. The fourth-order valence-electron chi connectivity index (χ4n) is 2.98. The Kier molecular flexibility index (Phi) is 5.10. The molecule has 28 heavy (non-hydrogen) atoms. The van der Waals surface area contributed by atoms with Gasteiger partial charge < -0.3 is 20.1 Å². The average Bonchev–Trinajstić information content (AvgIpc) is 3.19. The van der Waals surface area contributed by atoms with E-state index in [1.807, 2.05) is 49.4 Å². The molecule has 1 aliphatic rings. The van der Waals surface area contributed by atoms with Gasteiger partial charge in [-0.2, -0.15) is 0 Å². The highest BCUT2D eigenvalue weighted by atomic mass is 16.7. The lowest BCUT2D eigenvalue weighted by molar-refractivity contribution is 0.0946. The van der Waals surface area contributed by atoms with Crippen molar-refractivity contribution < 1.29 is 14.3 Å². The van der Waals surface area contributed by atoms with Crippen molar-refractivity contribution in [3.8, 4) is 11.5 Å². The summed E-state index contributed by atoms with van der Waals surface area (Å²) in [5.74, 6) is 1.34. The SMILES string of the molecule is Cc1cccc(CNC(=O)c2ccc(NCc3ccc4c(c3)OCO4)cn2)c1. The quantitative estimate of drug-likeness (QED) is 0.688. The number of anilines is 1. The second-order valence-corrected chi connectivity index (χ2v) is 6.65. The number of nitrogens with one attached hydrogen (secondary N) is 2. The molecule has 0 atom stereocenters. The number of fused-ring (bicyclic) bond motifs is 1. The van der Waals surface area contributed by atoms with Gasteiger partial charge in [-0.15, -0.1) is 0 Å². The Labute approximate surface area is 163 Å². The van der Waals surface area contributed by atoms with Crippen LogP contribution in [0.15, 0.2) is 60.8 Å². The van der Waals surface area contributed by atoms with Crippen molar-refractivity contribution in [2.75, 3.05) is 12.1 Å². The Bertz CT molecular complexity index is 987. The van der Waals surface area contributed by atoms with E-state index in [0.29, 0.717) is 18.8 Å². The average molecular weight is 375 g/mol. The Morgan fingerprint density at radius 1 is 1.00 bits per heavy atom. The van der Waals surface area contributed by atoms with Gasteiger partial charge in [-0.25, -0.2) is 4.98 Å². The van der Waals surface area contributed by atoms with Crippen LogP contribution < -0.4 is 20.1 Å². The number of nitrogens with zero attached hydrogens (tertiary/aromatic N) is 1. The Morgan fingerprint density at radius 3 is 2.68 bits per heavy atom. The Morgan fingerprint density at radius 2 is 1.86 bits per heavy atom. The highest BCUT2D eigenvalue weighted by Gasteiger charge is 2.13. The van der Waals surface area contributed by atoms with Crippen LogP contribution in [-0.4, -0.2) is 17.7 Å². The lowest BCUT2D eigenvalue weighted by Crippen LogP contribution is -2.23. The molecule has 0 unspecified atom stereocenters. The first kappa shape index (κ1) is 17.9. The van der Waals surface area contributed by atoms with Crippen LogP contribution >= 0.6 is 0 Å². The van der Waals surface area contributed by atoms with Crippen LogP contribution in [0.25, 0.3) is 0 Å². The molecule has 1 aliphatic heterocycles. The zero-order chi connectivity index (χ0) is 19.3. The minimum absolute atomic E-state index is 0.191. The third kappa shape index (κ3) is 4.23. The van der Waals surface area contributed by atoms with E-state index >= 15 is 0 Å². The van der Waals surface area contributed by atoms with Crippen molar-refractivity contribution in [3.63, 3.8) is 0 Å². The number of ether oxygens (including phenoxy) is 2. The van der Waals surface area contributed by atoms with Crippen molar-refractivity contribution >= 4 is 11.6 Å². The van der Waals surface area contributed by atoms with E-state index < -0.39 is 0 Å². The maximum Gasteiger partial charge on any atom is 0.270 e. The molecular weight excluding hydrogens is 354 g/mol. The fraction of sp³-hybridized carbons (Fsp3) is 0.182. The summed E-state index contributed by atoms with van der Waals surface area (Å²) in [7, 11) is 0. The fourth-order valence-corrected chi connectivity index (χ4v) is 2.98. The van der Waals surface area contributed by atoms with E-state index in [4.69, 9.17) is 9.47 Å². The van der Waals surface area contributed by atoms with Gasteiger partial charge in [-0.3, -0.25) is 4.79 Å². The number of benzene rings is 2. The molecule has 2 heterocycles. The summed E-state index contributed by atoms with van der Waals surface area (Å²) in [4.78, 5) is 16.5. The maximum atomic E-state index is 12.3. The minimum Gasteiger partial charge on any atom is -0.454 e. The molecule has 6 heteroatoms. The largest absolute Gasteiger partial charge is 0.454 e. The normalized spacial score (nSPS) is 11.9. The van der Waals surface area contributed by atoms with Crippen LogP contribution in [0, 0.1) is 6.92 Å². The highest BCUT2D eigenvalue weighted by molar-refractivity contribution is 5.92. The molecule has 0 bridgehead atoms. The molecule has 1 aromatic heterocycles. The number of rotatable bonds is 6. The molecule has 142 valence electrons. The second kappa shape index (κ2) is 8.00. The summed E-state index contributed by atoms with van der Waals surface area (Å²) in [6, 6.07) is 17.5. The standard InChI is InChI=1S/C22H21N3O3/c1-15-3-2-4-16(9-15)12-25-22(26)19-7-6-18(13-24-19)23-11-17-5-8-20-21(10-17)28-14-27-20/h2-10,13,23H,11-12,14H2,1H3,(H,25,26). The predicted molar refractivity (Wildman–Crippen MR) is 106 cm³/mol. The first-order valence-corrected chi connectivity index (χ1v) is 9.09. The third-order valence-corrected chi connectivity index (χ3v) is 4.47. The molecule has 6 nitrogen and oxygen atoms in total. The van der Waals surface area contributed by atoms with Crippen LogP contribution in [0.3, 0.4) is 0 Å². The second-order valence-electron chi connectivity index (χ2n) is 6.65. The lowest BCUT2D eigenvalue weighted by atomic mass is 10.1. The van der Waals surface area contributed by atoms with Crippen molar-refractivity contribution in [2.45, 2.75) is 20.0 Å². The van der Waals surface area contributed by atoms with Crippen LogP contribution in [0.5, 0.6) is 11.5 Å². The topological polar surface area (TPSA) is 72.5 Å². The summed E-state index contributed by atoms with van der Waals surface area (Å²) in [6.45, 7) is 3.40. The van der Waals surface area contributed by atoms with E-state index in [1.54, 1.807) is 12.3 Å². The molecule has 2 aromatic carbocycles. The maximum absolute atomic E-state index is 12.3. The Hall–Kier alpha value is -3.54. The van der Waals surface area contributed by atoms with Crippen molar-refractivity contribution in [1.82, 2.24) is 10.3 Å². The van der Waals surface area contributed by atoms with Gasteiger partial charge >= 0.3 is 0 Å². The van der Waals surface area contributed by atoms with Gasteiger partial charge in [0.15, 0.2) is 11.5 Å². The van der Waals surface area contributed by atoms with E-state index in [-0.39, 0.29) is 12.7 Å². The van der Waals surface area contributed by atoms with E-state index in [2.05, 4.69) is 21.7 Å². The molecule has 1 amide bonds. The van der Waals surface area contributed by atoms with Gasteiger partial charge in [-0.05, 0) is 42.3 Å². The third-order valence-electron chi connectivity index (χ3n) is 4.47. The number of aromatic nitrogens is 1.